The third kappa shape index (κ3) is 5.39. The maximum absolute atomic E-state index is 9.23. The van der Waals surface area contributed by atoms with Gasteiger partial charge in [0, 0.05) is 6.61 Å². The van der Waals surface area contributed by atoms with E-state index in [1.807, 2.05) is 18.2 Å². The third-order valence-electron chi connectivity index (χ3n) is 3.05. The Morgan fingerprint density at radius 2 is 1.75 bits per heavy atom. The van der Waals surface area contributed by atoms with Crippen LogP contribution < -0.4 is 15.2 Å². The van der Waals surface area contributed by atoms with E-state index >= 15 is 0 Å². The smallest absolute Gasteiger partial charge is 0.161 e. The van der Waals surface area contributed by atoms with Crippen molar-refractivity contribution in [2.75, 3.05) is 26.4 Å². The Labute approximate surface area is 121 Å². The molecule has 0 heterocycles. The largest absolute Gasteiger partial charge is 0.490 e. The van der Waals surface area contributed by atoms with Crippen molar-refractivity contribution >= 4 is 0 Å². The Kier molecular flexibility index (Phi) is 8.07. The number of aliphatic hydroxyl groups is 1. The van der Waals surface area contributed by atoms with Crippen LogP contribution >= 0.6 is 0 Å². The van der Waals surface area contributed by atoms with Crippen LogP contribution in [0.3, 0.4) is 0 Å². The van der Waals surface area contributed by atoms with Gasteiger partial charge in [0.25, 0.3) is 0 Å². The summed E-state index contributed by atoms with van der Waals surface area (Å²) in [6.07, 6.45) is 2.68. The van der Waals surface area contributed by atoms with E-state index in [0.717, 1.165) is 36.3 Å². The van der Waals surface area contributed by atoms with Crippen molar-refractivity contribution in [1.82, 2.24) is 0 Å². The molecule has 0 bridgehead atoms. The van der Waals surface area contributed by atoms with Gasteiger partial charge in [-0.1, -0.05) is 19.9 Å². The fourth-order valence-electron chi connectivity index (χ4n) is 1.89. The molecule has 0 aliphatic carbocycles. The van der Waals surface area contributed by atoms with Gasteiger partial charge in [0.15, 0.2) is 11.5 Å². The molecule has 0 aliphatic heterocycles. The molecule has 20 heavy (non-hydrogen) atoms. The van der Waals surface area contributed by atoms with E-state index in [0.29, 0.717) is 19.8 Å². The molecule has 4 heteroatoms. The minimum atomic E-state index is 0.0939. The molecule has 4 nitrogen and oxygen atoms in total. The van der Waals surface area contributed by atoms with Gasteiger partial charge in [0.05, 0.1) is 13.2 Å². The van der Waals surface area contributed by atoms with Gasteiger partial charge in [-0.05, 0) is 49.4 Å². The molecule has 114 valence electrons. The Balaban J connectivity index is 2.82. The normalized spacial score (nSPS) is 12.2. The number of benzene rings is 1. The summed E-state index contributed by atoms with van der Waals surface area (Å²) in [4.78, 5) is 0. The van der Waals surface area contributed by atoms with Gasteiger partial charge in [-0.2, -0.15) is 0 Å². The van der Waals surface area contributed by atoms with Crippen molar-refractivity contribution in [2.24, 2.45) is 11.7 Å². The Hall–Kier alpha value is -1.26. The summed E-state index contributed by atoms with van der Waals surface area (Å²) in [5.41, 5.74) is 6.74. The van der Waals surface area contributed by atoms with Crippen LogP contribution in [0.2, 0.25) is 0 Å². The lowest BCUT2D eigenvalue weighted by atomic mass is 10.00. The highest BCUT2D eigenvalue weighted by molar-refractivity contribution is 5.43. The molecule has 1 rings (SSSR count). The minimum absolute atomic E-state index is 0.0939. The average Bonchev–Trinajstić information content (AvgIpc) is 2.49. The SMILES string of the molecule is CCCOc1ccc(CC(CN)CO)cc1OCCC. The van der Waals surface area contributed by atoms with E-state index in [9.17, 15) is 5.11 Å². The van der Waals surface area contributed by atoms with Gasteiger partial charge in [-0.3, -0.25) is 0 Å². The molecule has 0 saturated heterocycles. The monoisotopic (exact) mass is 281 g/mol. The number of hydrogen-bond acceptors (Lipinski definition) is 4. The fourth-order valence-corrected chi connectivity index (χ4v) is 1.89. The van der Waals surface area contributed by atoms with Crippen LogP contribution in [0.5, 0.6) is 11.5 Å². The lowest BCUT2D eigenvalue weighted by molar-refractivity contribution is 0.229. The molecule has 0 aliphatic rings. The summed E-state index contributed by atoms with van der Waals surface area (Å²) in [6, 6.07) is 5.96. The third-order valence-corrected chi connectivity index (χ3v) is 3.05. The number of hydrogen-bond donors (Lipinski definition) is 2. The Bertz CT molecular complexity index is 378. The van der Waals surface area contributed by atoms with Crippen molar-refractivity contribution in [2.45, 2.75) is 33.1 Å². The lowest BCUT2D eigenvalue weighted by Crippen LogP contribution is -2.20. The van der Waals surface area contributed by atoms with Gasteiger partial charge < -0.3 is 20.3 Å². The standard InChI is InChI=1S/C16H27NO3/c1-3-7-19-15-6-5-13(9-14(11-17)12-18)10-16(15)20-8-4-2/h5-6,10,14,18H,3-4,7-9,11-12,17H2,1-2H3. The summed E-state index contributed by atoms with van der Waals surface area (Å²) < 4.78 is 11.5. The highest BCUT2D eigenvalue weighted by Crippen LogP contribution is 2.29. The number of nitrogens with two attached hydrogens (primary N) is 1. The second-order valence-corrected chi connectivity index (χ2v) is 4.97. The van der Waals surface area contributed by atoms with Crippen LogP contribution in [0.4, 0.5) is 0 Å². The van der Waals surface area contributed by atoms with Crippen molar-refractivity contribution in [3.8, 4) is 11.5 Å². The predicted molar refractivity (Wildman–Crippen MR) is 81.3 cm³/mol. The quantitative estimate of drug-likeness (QED) is 0.691. The van der Waals surface area contributed by atoms with Gasteiger partial charge >= 0.3 is 0 Å². The lowest BCUT2D eigenvalue weighted by Gasteiger charge is -2.16. The first kappa shape index (κ1) is 16.8. The van der Waals surface area contributed by atoms with Gasteiger partial charge in [0.2, 0.25) is 0 Å². The molecule has 3 N–H and O–H groups in total. The topological polar surface area (TPSA) is 64.7 Å². The second kappa shape index (κ2) is 9.61. The molecule has 0 amide bonds. The van der Waals surface area contributed by atoms with Crippen LogP contribution in [0.1, 0.15) is 32.3 Å². The molecular formula is C16H27NO3. The maximum Gasteiger partial charge on any atom is 0.161 e. The second-order valence-electron chi connectivity index (χ2n) is 4.97. The fraction of sp³-hybridized carbons (Fsp3) is 0.625. The molecule has 1 aromatic carbocycles. The van der Waals surface area contributed by atoms with E-state index in [1.165, 1.54) is 0 Å². The summed E-state index contributed by atoms with van der Waals surface area (Å²) in [5, 5.41) is 9.23. The molecule has 0 spiro atoms. The van der Waals surface area contributed by atoms with Crippen molar-refractivity contribution in [1.29, 1.82) is 0 Å². The van der Waals surface area contributed by atoms with E-state index in [4.69, 9.17) is 15.2 Å². The van der Waals surface area contributed by atoms with Crippen molar-refractivity contribution in [3.05, 3.63) is 23.8 Å². The zero-order valence-electron chi connectivity index (χ0n) is 12.6. The Morgan fingerprint density at radius 1 is 1.10 bits per heavy atom. The predicted octanol–water partition coefficient (Wildman–Crippen LogP) is 2.37. The molecular weight excluding hydrogens is 254 g/mol. The summed E-state index contributed by atoms with van der Waals surface area (Å²) >= 11 is 0. The molecule has 1 unspecified atom stereocenters. The minimum Gasteiger partial charge on any atom is -0.490 e. The molecule has 0 fully saturated rings. The van der Waals surface area contributed by atoms with E-state index in [-0.39, 0.29) is 12.5 Å². The van der Waals surface area contributed by atoms with E-state index < -0.39 is 0 Å². The van der Waals surface area contributed by atoms with Gasteiger partial charge in [-0.25, -0.2) is 0 Å². The van der Waals surface area contributed by atoms with E-state index in [2.05, 4.69) is 13.8 Å². The number of ether oxygens (including phenoxy) is 2. The summed E-state index contributed by atoms with van der Waals surface area (Å²) in [5.74, 6) is 1.67. The van der Waals surface area contributed by atoms with Crippen LogP contribution in [-0.4, -0.2) is 31.5 Å². The van der Waals surface area contributed by atoms with E-state index in [1.54, 1.807) is 0 Å². The van der Waals surface area contributed by atoms with Crippen LogP contribution in [0.15, 0.2) is 18.2 Å². The zero-order valence-corrected chi connectivity index (χ0v) is 12.6. The molecule has 1 atom stereocenters. The highest BCUT2D eigenvalue weighted by Gasteiger charge is 2.10. The summed E-state index contributed by atoms with van der Waals surface area (Å²) in [6.45, 7) is 6.10. The highest BCUT2D eigenvalue weighted by atomic mass is 16.5. The van der Waals surface area contributed by atoms with Crippen molar-refractivity contribution in [3.63, 3.8) is 0 Å². The first-order valence-electron chi connectivity index (χ1n) is 7.44. The Morgan fingerprint density at radius 3 is 2.30 bits per heavy atom. The van der Waals surface area contributed by atoms with Crippen molar-refractivity contribution < 1.29 is 14.6 Å². The first-order chi connectivity index (χ1) is 9.74. The van der Waals surface area contributed by atoms with Crippen LogP contribution in [0.25, 0.3) is 0 Å². The molecule has 0 radical (unpaired) electrons. The maximum atomic E-state index is 9.23. The molecule has 0 aromatic heterocycles. The number of aliphatic hydroxyl groups excluding tert-OH is 1. The zero-order chi connectivity index (χ0) is 14.8. The molecule has 0 saturated carbocycles. The summed E-state index contributed by atoms with van der Waals surface area (Å²) in [7, 11) is 0. The molecule has 1 aromatic rings. The number of rotatable bonds is 10. The van der Waals surface area contributed by atoms with Gasteiger partial charge in [0.1, 0.15) is 0 Å². The first-order valence-corrected chi connectivity index (χ1v) is 7.44. The average molecular weight is 281 g/mol. The van der Waals surface area contributed by atoms with Crippen LogP contribution in [-0.2, 0) is 6.42 Å². The van der Waals surface area contributed by atoms with Gasteiger partial charge in [-0.15, -0.1) is 0 Å². The van der Waals surface area contributed by atoms with Crippen LogP contribution in [0, 0.1) is 5.92 Å².